The standard InChI is InChI=1S/C7H5BrCl2O2S.C4H4BrNO2/c8-4-5-1-2-6(3-7(5)9)13(10,11)12;5-6-3(7)1-2-4(6)8/h1-3H,4H2;1-2H2. The molecule has 1 saturated heterocycles. The number of hydrogen-bond acceptors (Lipinski definition) is 4. The number of nitrogens with zero attached hydrogens (tertiary/aromatic N) is 1. The predicted molar refractivity (Wildman–Crippen MR) is 87.1 cm³/mol. The molecule has 0 atom stereocenters. The van der Waals surface area contributed by atoms with E-state index in [0.717, 1.165) is 9.49 Å². The van der Waals surface area contributed by atoms with E-state index in [1.54, 1.807) is 6.07 Å². The zero-order valence-electron chi connectivity index (χ0n) is 10.4. The van der Waals surface area contributed by atoms with Gasteiger partial charge in [-0.1, -0.05) is 33.6 Å². The Morgan fingerprint density at radius 3 is 2.00 bits per heavy atom. The van der Waals surface area contributed by atoms with Gasteiger partial charge in [-0.25, -0.2) is 12.3 Å². The molecule has 1 aromatic carbocycles. The first-order valence-electron chi connectivity index (χ1n) is 5.47. The molecule has 0 spiro atoms. The number of hydrogen-bond donors (Lipinski definition) is 0. The van der Waals surface area contributed by atoms with Crippen LogP contribution in [0.5, 0.6) is 0 Å². The largest absolute Gasteiger partial charge is 0.274 e. The Hall–Kier alpha value is -0.150. The Kier molecular flexibility index (Phi) is 7.12. The molecule has 0 bridgehead atoms. The third-order valence-corrected chi connectivity index (χ3v) is 5.54. The van der Waals surface area contributed by atoms with Gasteiger partial charge in [-0.15, -0.1) is 0 Å². The third kappa shape index (κ3) is 5.52. The highest BCUT2D eigenvalue weighted by Crippen LogP contribution is 2.24. The van der Waals surface area contributed by atoms with Gasteiger partial charge in [-0.2, -0.15) is 0 Å². The van der Waals surface area contributed by atoms with Crippen LogP contribution in [0.1, 0.15) is 18.4 Å². The molecular weight excluding hydrogens is 473 g/mol. The predicted octanol–water partition coefficient (Wildman–Crippen LogP) is 3.61. The van der Waals surface area contributed by atoms with Gasteiger partial charge in [0, 0.05) is 33.9 Å². The van der Waals surface area contributed by atoms with Gasteiger partial charge in [0.2, 0.25) is 11.8 Å². The highest BCUT2D eigenvalue weighted by Gasteiger charge is 2.26. The fraction of sp³-hybridized carbons (Fsp3) is 0.273. The fourth-order valence-corrected chi connectivity index (χ4v) is 3.43. The summed E-state index contributed by atoms with van der Waals surface area (Å²) >= 11 is 11.8. The van der Waals surface area contributed by atoms with E-state index in [0.29, 0.717) is 23.2 Å². The average Bonchev–Trinajstić information content (AvgIpc) is 2.70. The number of imide groups is 1. The van der Waals surface area contributed by atoms with E-state index in [2.05, 4.69) is 32.1 Å². The van der Waals surface area contributed by atoms with E-state index >= 15 is 0 Å². The summed E-state index contributed by atoms with van der Waals surface area (Å²) in [4.78, 5) is 20.9. The van der Waals surface area contributed by atoms with E-state index in [9.17, 15) is 18.0 Å². The van der Waals surface area contributed by atoms with Gasteiger partial charge in [0.1, 0.15) is 0 Å². The molecule has 2 amide bonds. The lowest BCUT2D eigenvalue weighted by atomic mass is 10.2. The van der Waals surface area contributed by atoms with E-state index in [4.69, 9.17) is 22.3 Å². The molecule has 2 rings (SSSR count). The van der Waals surface area contributed by atoms with Crippen molar-refractivity contribution in [3.63, 3.8) is 0 Å². The molecular formula is C11H9Br2Cl2NO4S. The van der Waals surface area contributed by atoms with Crippen molar-refractivity contribution in [1.29, 1.82) is 0 Å². The van der Waals surface area contributed by atoms with Crippen LogP contribution in [0.3, 0.4) is 0 Å². The summed E-state index contributed by atoms with van der Waals surface area (Å²) in [5.74, 6) is -0.287. The summed E-state index contributed by atoms with van der Waals surface area (Å²) in [6.45, 7) is 0. The number of rotatable bonds is 2. The van der Waals surface area contributed by atoms with Gasteiger partial charge in [0.05, 0.1) is 21.0 Å². The highest BCUT2D eigenvalue weighted by atomic mass is 79.9. The second-order valence-electron chi connectivity index (χ2n) is 3.89. The van der Waals surface area contributed by atoms with Crippen molar-refractivity contribution < 1.29 is 18.0 Å². The van der Waals surface area contributed by atoms with E-state index in [-0.39, 0.29) is 16.7 Å². The quantitative estimate of drug-likeness (QED) is 0.280. The molecule has 1 aliphatic heterocycles. The van der Waals surface area contributed by atoms with Crippen molar-refractivity contribution in [2.45, 2.75) is 23.1 Å². The van der Waals surface area contributed by atoms with Crippen LogP contribution in [0.2, 0.25) is 5.02 Å². The van der Waals surface area contributed by atoms with Gasteiger partial charge < -0.3 is 0 Å². The summed E-state index contributed by atoms with van der Waals surface area (Å²) in [5, 5.41) is 0.965. The zero-order chi connectivity index (χ0) is 16.2. The maximum absolute atomic E-state index is 10.9. The Morgan fingerprint density at radius 1 is 1.19 bits per heavy atom. The molecule has 1 fully saturated rings. The molecule has 1 aromatic rings. The first-order chi connectivity index (χ1) is 9.66. The topological polar surface area (TPSA) is 71.5 Å². The molecule has 21 heavy (non-hydrogen) atoms. The molecule has 116 valence electrons. The normalized spacial score (nSPS) is 15.0. The van der Waals surface area contributed by atoms with Crippen LogP contribution in [0.15, 0.2) is 23.1 Å². The fourth-order valence-electron chi connectivity index (χ4n) is 1.34. The first-order valence-corrected chi connectivity index (χ1v) is 9.99. The van der Waals surface area contributed by atoms with E-state index in [1.165, 1.54) is 12.1 Å². The van der Waals surface area contributed by atoms with Crippen molar-refractivity contribution in [3.8, 4) is 0 Å². The molecule has 5 nitrogen and oxygen atoms in total. The second-order valence-corrected chi connectivity index (χ2v) is 8.14. The van der Waals surface area contributed by atoms with E-state index in [1.807, 2.05) is 0 Å². The summed E-state index contributed by atoms with van der Waals surface area (Å²) in [7, 11) is 1.45. The molecule has 0 radical (unpaired) electrons. The number of carbonyl (C=O) groups is 2. The number of halogens is 4. The maximum Gasteiger partial charge on any atom is 0.261 e. The molecule has 0 N–H and O–H groups in total. The molecule has 0 aromatic heterocycles. The molecule has 0 saturated carbocycles. The number of carbonyl (C=O) groups excluding carboxylic acids is 2. The van der Waals surface area contributed by atoms with Crippen LogP contribution >= 0.6 is 54.4 Å². The van der Waals surface area contributed by atoms with Crippen molar-refractivity contribution >= 4 is 75.2 Å². The van der Waals surface area contributed by atoms with Crippen LogP contribution in [-0.4, -0.2) is 24.2 Å². The van der Waals surface area contributed by atoms with Gasteiger partial charge in [0.25, 0.3) is 9.05 Å². The van der Waals surface area contributed by atoms with Crippen molar-refractivity contribution in [2.24, 2.45) is 0 Å². The van der Waals surface area contributed by atoms with Crippen LogP contribution in [0.4, 0.5) is 0 Å². The smallest absolute Gasteiger partial charge is 0.261 e. The lowest BCUT2D eigenvalue weighted by Crippen LogP contribution is -2.16. The Labute approximate surface area is 148 Å². The second kappa shape index (κ2) is 7.92. The highest BCUT2D eigenvalue weighted by molar-refractivity contribution is 9.08. The van der Waals surface area contributed by atoms with Gasteiger partial charge in [-0.05, 0) is 17.7 Å². The lowest BCUT2D eigenvalue weighted by molar-refractivity contribution is -0.131. The molecule has 0 aliphatic carbocycles. The minimum atomic E-state index is -3.68. The Morgan fingerprint density at radius 2 is 1.71 bits per heavy atom. The van der Waals surface area contributed by atoms with Crippen LogP contribution in [0, 0.1) is 0 Å². The Bertz CT molecular complexity index is 650. The van der Waals surface area contributed by atoms with Crippen LogP contribution < -0.4 is 0 Å². The number of benzene rings is 1. The first kappa shape index (κ1) is 18.9. The molecule has 1 aliphatic rings. The molecule has 1 heterocycles. The Balaban J connectivity index is 0.000000235. The minimum Gasteiger partial charge on any atom is -0.274 e. The maximum atomic E-state index is 10.9. The minimum absolute atomic E-state index is 0.0175. The van der Waals surface area contributed by atoms with Gasteiger partial charge in [0.15, 0.2) is 0 Å². The van der Waals surface area contributed by atoms with Gasteiger partial charge >= 0.3 is 0 Å². The van der Waals surface area contributed by atoms with Crippen LogP contribution in [0.25, 0.3) is 0 Å². The van der Waals surface area contributed by atoms with Crippen molar-refractivity contribution in [1.82, 2.24) is 3.93 Å². The SMILES string of the molecule is O=C1CCC(=O)N1Br.O=S(=O)(Cl)c1ccc(CBr)c(Cl)c1. The summed E-state index contributed by atoms with van der Waals surface area (Å²) in [6, 6.07) is 4.37. The molecule has 0 unspecified atom stereocenters. The van der Waals surface area contributed by atoms with Crippen molar-refractivity contribution in [2.75, 3.05) is 0 Å². The number of amides is 2. The summed E-state index contributed by atoms with van der Waals surface area (Å²) < 4.78 is 22.7. The average molecular weight is 482 g/mol. The lowest BCUT2D eigenvalue weighted by Gasteiger charge is -2.01. The zero-order valence-corrected chi connectivity index (χ0v) is 15.9. The summed E-state index contributed by atoms with van der Waals surface area (Å²) in [6.07, 6.45) is 0.703. The number of alkyl halides is 1. The van der Waals surface area contributed by atoms with Gasteiger partial charge in [-0.3, -0.25) is 9.59 Å². The molecule has 10 heteroatoms. The monoisotopic (exact) mass is 479 g/mol. The summed E-state index contributed by atoms with van der Waals surface area (Å²) in [5.41, 5.74) is 0.825. The van der Waals surface area contributed by atoms with E-state index < -0.39 is 9.05 Å². The third-order valence-electron chi connectivity index (χ3n) is 2.44. The van der Waals surface area contributed by atoms with Crippen molar-refractivity contribution in [3.05, 3.63) is 28.8 Å². The van der Waals surface area contributed by atoms with Crippen LogP contribution in [-0.2, 0) is 24.0 Å².